The van der Waals surface area contributed by atoms with Crippen LogP contribution in [0.2, 0.25) is 0 Å². The third-order valence-electron chi connectivity index (χ3n) is 5.69. The molecule has 1 fully saturated rings. The van der Waals surface area contributed by atoms with Crippen LogP contribution in [0.5, 0.6) is 5.88 Å². The van der Waals surface area contributed by atoms with Crippen molar-refractivity contribution in [3.05, 3.63) is 101 Å². The molecule has 2 heterocycles. The zero-order chi connectivity index (χ0) is 31.7. The van der Waals surface area contributed by atoms with Gasteiger partial charge in [0.05, 0.1) is 21.2 Å². The number of hydrogen-bond acceptors (Lipinski definition) is 8. The third-order valence-corrected chi connectivity index (χ3v) is 9.12. The van der Waals surface area contributed by atoms with Gasteiger partial charge in [-0.05, 0) is 93.7 Å². The van der Waals surface area contributed by atoms with Crippen LogP contribution >= 0.6 is 45.2 Å². The Balaban J connectivity index is 1.45. The highest BCUT2D eigenvalue weighted by Crippen LogP contribution is 2.28. The summed E-state index contributed by atoms with van der Waals surface area (Å²) in [7, 11) is -8.87. The number of aromatic hydroxyl groups is 1. The van der Waals surface area contributed by atoms with Crippen LogP contribution in [0.15, 0.2) is 93.0 Å². The SMILES string of the molecule is O=C1NN(c2ccc(S(=O)(=O)O)cc2[125I])C(=O)\C1=C/C=C/C=C/C=C/c1c(O)n(-c2ccc(S(=O)(=O)O)cc2[125I])[nH]c1=O. The van der Waals surface area contributed by atoms with E-state index in [2.05, 4.69) is 10.5 Å². The number of aromatic amines is 1. The monoisotopic (exact) mass is 848 g/mol. The molecule has 1 aliphatic heterocycles. The van der Waals surface area contributed by atoms with Crippen LogP contribution in [0.1, 0.15) is 5.56 Å². The van der Waals surface area contributed by atoms with E-state index in [1.165, 1.54) is 60.7 Å². The summed E-state index contributed by atoms with van der Waals surface area (Å²) in [5.41, 5.74) is 1.96. The number of carbonyl (C=O) groups is 2. The molecule has 2 amide bonds. The second-order valence-corrected chi connectivity index (χ2v) is 13.6. The Morgan fingerprint density at radius 3 is 1.86 bits per heavy atom. The Morgan fingerprint density at radius 2 is 1.30 bits per heavy atom. The van der Waals surface area contributed by atoms with Gasteiger partial charge in [0.15, 0.2) is 0 Å². The molecular weight excluding hydrogens is 830 g/mol. The first-order valence-electron chi connectivity index (χ1n) is 11.5. The molecule has 1 aliphatic rings. The van der Waals surface area contributed by atoms with E-state index < -0.39 is 43.5 Å². The molecule has 1 aromatic heterocycles. The molecule has 0 aliphatic carbocycles. The lowest BCUT2D eigenvalue weighted by Gasteiger charge is -2.16. The number of nitrogens with zero attached hydrogens (tertiary/aromatic N) is 2. The maximum absolute atomic E-state index is 12.8. The van der Waals surface area contributed by atoms with Crippen molar-refractivity contribution in [1.29, 1.82) is 0 Å². The van der Waals surface area contributed by atoms with Crippen molar-refractivity contribution >= 4 is 89.0 Å². The standard InChI is InChI=1S/C25H18I2N4O10S2/c26-18-12-14(42(36,37)38)8-10-20(18)30-24(34)16(22(32)28-30)6-4-2-1-3-5-7-17-23(33)29-31(25(17)35)21-11-9-15(13-19(21)27)43(39,40)41/h1-13,34H,(H,28,32)(H,29,33)(H,36,37,38)(H,39,40,41)/b2-1+,5-3+,6-4+,17-7-/i26-2,27-2. The first-order chi connectivity index (χ1) is 20.1. The van der Waals surface area contributed by atoms with E-state index in [-0.39, 0.29) is 35.9 Å². The Labute approximate surface area is 270 Å². The van der Waals surface area contributed by atoms with Gasteiger partial charge in [-0.15, -0.1) is 0 Å². The smallest absolute Gasteiger partial charge is 0.294 e. The summed E-state index contributed by atoms with van der Waals surface area (Å²) in [6, 6.07) is 7.12. The largest absolute Gasteiger partial charge is 0.493 e. The summed E-state index contributed by atoms with van der Waals surface area (Å²) in [6.45, 7) is 0. The fourth-order valence-electron chi connectivity index (χ4n) is 3.66. The van der Waals surface area contributed by atoms with Gasteiger partial charge < -0.3 is 5.11 Å². The van der Waals surface area contributed by atoms with Gasteiger partial charge in [-0.3, -0.25) is 34.0 Å². The van der Waals surface area contributed by atoms with Crippen LogP contribution < -0.4 is 16.0 Å². The van der Waals surface area contributed by atoms with Gasteiger partial charge in [0.2, 0.25) is 5.88 Å². The molecule has 0 spiro atoms. The predicted molar refractivity (Wildman–Crippen MR) is 171 cm³/mol. The first-order valence-corrected chi connectivity index (χ1v) is 16.6. The third kappa shape index (κ3) is 7.15. The number of hydrazine groups is 1. The van der Waals surface area contributed by atoms with Crippen LogP contribution in [0.4, 0.5) is 5.69 Å². The van der Waals surface area contributed by atoms with Crippen LogP contribution in [0.3, 0.4) is 0 Å². The van der Waals surface area contributed by atoms with Gasteiger partial charge in [0, 0.05) is 7.14 Å². The average Bonchev–Trinajstić information content (AvgIpc) is 3.35. The number of H-pyrrole nitrogens is 1. The number of rotatable bonds is 8. The zero-order valence-electron chi connectivity index (χ0n) is 21.2. The number of carbonyl (C=O) groups excluding carboxylic acids is 2. The lowest BCUT2D eigenvalue weighted by atomic mass is 10.2. The summed E-state index contributed by atoms with van der Waals surface area (Å²) in [5, 5.41) is 13.9. The molecular formula is C25H18I2N4O10S2. The number of halogens is 2. The van der Waals surface area contributed by atoms with Crippen molar-refractivity contribution in [3.63, 3.8) is 0 Å². The molecule has 43 heavy (non-hydrogen) atoms. The van der Waals surface area contributed by atoms with Crippen molar-refractivity contribution in [1.82, 2.24) is 15.2 Å². The van der Waals surface area contributed by atoms with Crippen molar-refractivity contribution < 1.29 is 40.6 Å². The van der Waals surface area contributed by atoms with E-state index >= 15 is 0 Å². The van der Waals surface area contributed by atoms with Gasteiger partial charge in [0.25, 0.3) is 37.6 Å². The average molecular weight is 848 g/mol. The van der Waals surface area contributed by atoms with E-state index in [1.54, 1.807) is 45.2 Å². The molecule has 5 N–H and O–H groups in total. The van der Waals surface area contributed by atoms with E-state index in [1.807, 2.05) is 0 Å². The molecule has 14 nitrogen and oxygen atoms in total. The van der Waals surface area contributed by atoms with Crippen LogP contribution in [0.25, 0.3) is 11.8 Å². The highest BCUT2D eigenvalue weighted by atomic mass is 125. The Bertz CT molecular complexity index is 2060. The minimum absolute atomic E-state index is 0.0852. The van der Waals surface area contributed by atoms with Crippen molar-refractivity contribution in [2.75, 3.05) is 5.01 Å². The van der Waals surface area contributed by atoms with Gasteiger partial charge in [0.1, 0.15) is 11.1 Å². The highest BCUT2D eigenvalue weighted by Gasteiger charge is 2.35. The molecule has 3 aromatic rings. The minimum atomic E-state index is -4.44. The number of allylic oxidation sites excluding steroid dienone is 6. The summed E-state index contributed by atoms with van der Waals surface area (Å²) >= 11 is 3.56. The van der Waals surface area contributed by atoms with E-state index in [4.69, 9.17) is 0 Å². The summed E-state index contributed by atoms with van der Waals surface area (Å²) in [4.78, 5) is 36.8. The summed E-state index contributed by atoms with van der Waals surface area (Å²) in [5.74, 6) is -1.81. The molecule has 224 valence electrons. The van der Waals surface area contributed by atoms with Crippen LogP contribution in [0, 0.1) is 7.14 Å². The predicted octanol–water partition coefficient (Wildman–Crippen LogP) is 2.70. The molecule has 1 saturated heterocycles. The second kappa shape index (κ2) is 12.6. The summed E-state index contributed by atoms with van der Waals surface area (Å²) < 4.78 is 65.4. The fourth-order valence-corrected chi connectivity index (χ4v) is 6.61. The van der Waals surface area contributed by atoms with Crippen molar-refractivity contribution in [2.24, 2.45) is 0 Å². The van der Waals surface area contributed by atoms with Crippen molar-refractivity contribution in [2.45, 2.75) is 9.79 Å². The number of hydrogen-bond donors (Lipinski definition) is 5. The maximum Gasteiger partial charge on any atom is 0.294 e. The van der Waals surface area contributed by atoms with E-state index in [0.717, 1.165) is 27.9 Å². The van der Waals surface area contributed by atoms with Crippen LogP contribution in [-0.2, 0) is 29.8 Å². The molecule has 0 radical (unpaired) electrons. The fraction of sp³-hybridized carbons (Fsp3) is 0. The molecule has 18 heteroatoms. The minimum Gasteiger partial charge on any atom is -0.493 e. The zero-order valence-corrected chi connectivity index (χ0v) is 27.1. The normalized spacial score (nSPS) is 15.5. The quantitative estimate of drug-likeness (QED) is 0.0735. The molecule has 0 unspecified atom stereocenters. The lowest BCUT2D eigenvalue weighted by Crippen LogP contribution is -2.36. The molecule has 0 saturated carbocycles. The molecule has 2 aromatic carbocycles. The number of anilines is 1. The van der Waals surface area contributed by atoms with Gasteiger partial charge in [-0.25, -0.2) is 9.69 Å². The topological polar surface area (TPSA) is 216 Å². The Morgan fingerprint density at radius 1 is 0.767 bits per heavy atom. The maximum atomic E-state index is 12.8. The Hall–Kier alpha value is -3.57. The number of aromatic nitrogens is 2. The number of nitrogens with one attached hydrogen (secondary N) is 2. The Kier molecular flexibility index (Phi) is 9.46. The lowest BCUT2D eigenvalue weighted by molar-refractivity contribution is -0.117. The molecule has 0 bridgehead atoms. The first kappa shape index (κ1) is 32.3. The van der Waals surface area contributed by atoms with E-state index in [0.29, 0.717) is 3.57 Å². The van der Waals surface area contributed by atoms with Gasteiger partial charge in [-0.1, -0.05) is 30.4 Å². The molecule has 0 atom stereocenters. The summed E-state index contributed by atoms with van der Waals surface area (Å²) in [6.07, 6.45) is 10.0. The second-order valence-electron chi connectivity index (χ2n) is 8.48. The van der Waals surface area contributed by atoms with Gasteiger partial charge in [-0.2, -0.15) is 16.8 Å². The number of benzene rings is 2. The molecule has 4 rings (SSSR count). The highest BCUT2D eigenvalue weighted by molar-refractivity contribution is 14.1. The van der Waals surface area contributed by atoms with Gasteiger partial charge >= 0.3 is 0 Å². The van der Waals surface area contributed by atoms with Crippen LogP contribution in [-0.4, -0.2) is 52.6 Å². The van der Waals surface area contributed by atoms with Crippen molar-refractivity contribution in [3.8, 4) is 11.6 Å². The van der Waals surface area contributed by atoms with E-state index in [9.17, 15) is 45.4 Å². The number of amides is 2.